The zero-order chi connectivity index (χ0) is 17.0. The van der Waals surface area contributed by atoms with Crippen molar-refractivity contribution in [3.63, 3.8) is 0 Å². The Morgan fingerprint density at radius 1 is 1.04 bits per heavy atom. The van der Waals surface area contributed by atoms with Gasteiger partial charge in [-0.3, -0.25) is 0 Å². The molecule has 24 heavy (non-hydrogen) atoms. The maximum atomic E-state index is 12.1. The van der Waals surface area contributed by atoms with Crippen LogP contribution in [0.2, 0.25) is 5.02 Å². The third-order valence-electron chi connectivity index (χ3n) is 3.41. The summed E-state index contributed by atoms with van der Waals surface area (Å²) in [5.41, 5.74) is 1.54. The van der Waals surface area contributed by atoms with Crippen molar-refractivity contribution in [2.45, 2.75) is 11.3 Å². The molecule has 0 aliphatic heterocycles. The van der Waals surface area contributed by atoms with Crippen molar-refractivity contribution in [1.29, 1.82) is 0 Å². The van der Waals surface area contributed by atoms with Gasteiger partial charge in [0.2, 0.25) is 10.0 Å². The van der Waals surface area contributed by atoms with E-state index in [-0.39, 0.29) is 11.4 Å². The molecule has 0 spiro atoms. The van der Waals surface area contributed by atoms with E-state index in [0.717, 1.165) is 5.56 Å². The van der Waals surface area contributed by atoms with E-state index >= 15 is 0 Å². The van der Waals surface area contributed by atoms with Crippen LogP contribution in [0, 0.1) is 0 Å². The van der Waals surface area contributed by atoms with Crippen LogP contribution < -0.4 is 4.72 Å². The summed E-state index contributed by atoms with van der Waals surface area (Å²) in [4.78, 5) is 0.243. The van der Waals surface area contributed by atoms with Gasteiger partial charge in [0.25, 0.3) is 0 Å². The largest absolute Gasteiger partial charge is 0.356 e. The van der Waals surface area contributed by atoms with Gasteiger partial charge in [0, 0.05) is 29.6 Å². The molecule has 124 valence electrons. The van der Waals surface area contributed by atoms with Gasteiger partial charge in [0.1, 0.15) is 0 Å². The molecular formula is C17H15ClN2O3S. The predicted octanol–water partition coefficient (Wildman–Crippen LogP) is 3.52. The SMILES string of the molecule is O=S(=O)(NCCc1cc(-c2ccc(Cl)cc2)on1)c1ccccc1. The zero-order valence-corrected chi connectivity index (χ0v) is 14.2. The fraction of sp³-hybridized carbons (Fsp3) is 0.118. The molecule has 1 aromatic heterocycles. The van der Waals surface area contributed by atoms with Gasteiger partial charge in [0.15, 0.2) is 5.76 Å². The Morgan fingerprint density at radius 3 is 2.46 bits per heavy atom. The van der Waals surface area contributed by atoms with Crippen LogP contribution in [0.5, 0.6) is 0 Å². The average Bonchev–Trinajstić information content (AvgIpc) is 3.05. The second-order valence-corrected chi connectivity index (χ2v) is 7.35. The van der Waals surface area contributed by atoms with Crippen molar-refractivity contribution in [2.75, 3.05) is 6.54 Å². The molecule has 7 heteroatoms. The molecule has 0 radical (unpaired) electrons. The Morgan fingerprint density at radius 2 is 1.75 bits per heavy atom. The number of benzene rings is 2. The van der Waals surface area contributed by atoms with Crippen LogP contribution in [0.15, 0.2) is 70.1 Å². The summed E-state index contributed by atoms with van der Waals surface area (Å²) in [5.74, 6) is 0.618. The summed E-state index contributed by atoms with van der Waals surface area (Å²) in [5, 5.41) is 4.61. The minimum atomic E-state index is -3.50. The highest BCUT2D eigenvalue weighted by atomic mass is 35.5. The van der Waals surface area contributed by atoms with Crippen LogP contribution >= 0.6 is 11.6 Å². The average molecular weight is 363 g/mol. The Labute approximate surface area is 145 Å². The van der Waals surface area contributed by atoms with Crippen molar-refractivity contribution < 1.29 is 12.9 Å². The molecule has 0 aliphatic rings. The first kappa shape index (κ1) is 16.7. The minimum absolute atomic E-state index is 0.240. The number of hydrogen-bond acceptors (Lipinski definition) is 4. The second kappa shape index (κ2) is 7.17. The number of nitrogens with one attached hydrogen (secondary N) is 1. The fourth-order valence-corrected chi connectivity index (χ4v) is 3.36. The van der Waals surface area contributed by atoms with Crippen LogP contribution in [0.1, 0.15) is 5.69 Å². The monoisotopic (exact) mass is 362 g/mol. The van der Waals surface area contributed by atoms with Gasteiger partial charge in [-0.25, -0.2) is 13.1 Å². The molecule has 5 nitrogen and oxygen atoms in total. The smallest absolute Gasteiger partial charge is 0.240 e. The number of sulfonamides is 1. The quantitative estimate of drug-likeness (QED) is 0.728. The molecule has 0 atom stereocenters. The third kappa shape index (κ3) is 4.03. The topological polar surface area (TPSA) is 72.2 Å². The lowest BCUT2D eigenvalue weighted by Gasteiger charge is -2.05. The van der Waals surface area contributed by atoms with Gasteiger partial charge in [0.05, 0.1) is 10.6 Å². The third-order valence-corrected chi connectivity index (χ3v) is 5.14. The summed E-state index contributed by atoms with van der Waals surface area (Å²) in [7, 11) is -3.50. The van der Waals surface area contributed by atoms with Crippen LogP contribution in [-0.2, 0) is 16.4 Å². The van der Waals surface area contributed by atoms with E-state index < -0.39 is 10.0 Å². The summed E-state index contributed by atoms with van der Waals surface area (Å²) in [6.07, 6.45) is 0.434. The molecule has 3 aromatic rings. The first-order valence-corrected chi connectivity index (χ1v) is 9.17. The maximum absolute atomic E-state index is 12.1. The van der Waals surface area contributed by atoms with E-state index in [1.807, 2.05) is 12.1 Å². The van der Waals surface area contributed by atoms with Gasteiger partial charge in [-0.2, -0.15) is 0 Å². The summed E-state index contributed by atoms with van der Waals surface area (Å²) in [6.45, 7) is 0.240. The normalized spacial score (nSPS) is 11.5. The Kier molecular flexibility index (Phi) is 4.99. The van der Waals surface area contributed by atoms with Gasteiger partial charge in [-0.1, -0.05) is 35.0 Å². The number of hydrogen-bond donors (Lipinski definition) is 1. The van der Waals surface area contributed by atoms with E-state index in [0.29, 0.717) is 22.9 Å². The summed E-state index contributed by atoms with van der Waals surface area (Å²) in [6, 6.07) is 17.3. The molecule has 0 bridgehead atoms. The number of aromatic nitrogens is 1. The molecule has 0 saturated carbocycles. The summed E-state index contributed by atoms with van der Waals surface area (Å²) >= 11 is 5.85. The van der Waals surface area contributed by atoms with Gasteiger partial charge in [-0.05, 0) is 36.4 Å². The lowest BCUT2D eigenvalue weighted by atomic mass is 10.1. The standard InChI is InChI=1S/C17H15ClN2O3S/c18-14-8-6-13(7-9-14)17-12-15(20-23-17)10-11-19-24(21,22)16-4-2-1-3-5-16/h1-9,12,19H,10-11H2. The first-order valence-electron chi connectivity index (χ1n) is 7.31. The van der Waals surface area contributed by atoms with E-state index in [1.54, 1.807) is 48.5 Å². The highest BCUT2D eigenvalue weighted by Gasteiger charge is 2.13. The van der Waals surface area contributed by atoms with Crippen LogP contribution in [0.4, 0.5) is 0 Å². The molecule has 0 amide bonds. The number of halogens is 1. The molecule has 1 N–H and O–H groups in total. The molecule has 0 fully saturated rings. The highest BCUT2D eigenvalue weighted by molar-refractivity contribution is 7.89. The lowest BCUT2D eigenvalue weighted by molar-refractivity contribution is 0.423. The second-order valence-electron chi connectivity index (χ2n) is 5.15. The first-order chi connectivity index (χ1) is 11.5. The van der Waals surface area contributed by atoms with E-state index in [1.165, 1.54) is 0 Å². The number of rotatable bonds is 6. The molecule has 2 aromatic carbocycles. The van der Waals surface area contributed by atoms with Crippen LogP contribution in [0.3, 0.4) is 0 Å². The highest BCUT2D eigenvalue weighted by Crippen LogP contribution is 2.22. The molecular weight excluding hydrogens is 348 g/mol. The predicted molar refractivity (Wildman–Crippen MR) is 92.3 cm³/mol. The molecule has 0 unspecified atom stereocenters. The van der Waals surface area contributed by atoms with E-state index in [2.05, 4.69) is 9.88 Å². The van der Waals surface area contributed by atoms with Crippen LogP contribution in [0.25, 0.3) is 11.3 Å². The van der Waals surface area contributed by atoms with Crippen molar-refractivity contribution in [2.24, 2.45) is 0 Å². The van der Waals surface area contributed by atoms with E-state index in [9.17, 15) is 8.42 Å². The molecule has 0 saturated heterocycles. The molecule has 3 rings (SSSR count). The van der Waals surface area contributed by atoms with Crippen molar-refractivity contribution in [1.82, 2.24) is 9.88 Å². The number of nitrogens with zero attached hydrogens (tertiary/aromatic N) is 1. The maximum Gasteiger partial charge on any atom is 0.240 e. The van der Waals surface area contributed by atoms with Crippen LogP contribution in [-0.4, -0.2) is 20.1 Å². The van der Waals surface area contributed by atoms with Crippen molar-refractivity contribution in [3.8, 4) is 11.3 Å². The fourth-order valence-electron chi connectivity index (χ4n) is 2.18. The lowest BCUT2D eigenvalue weighted by Crippen LogP contribution is -2.26. The van der Waals surface area contributed by atoms with Crippen molar-refractivity contribution in [3.05, 3.63) is 71.4 Å². The minimum Gasteiger partial charge on any atom is -0.356 e. The van der Waals surface area contributed by atoms with Gasteiger partial charge >= 0.3 is 0 Å². The summed E-state index contributed by atoms with van der Waals surface area (Å²) < 4.78 is 32.1. The molecule has 0 aliphatic carbocycles. The Bertz CT molecular complexity index is 907. The van der Waals surface area contributed by atoms with Crippen molar-refractivity contribution >= 4 is 21.6 Å². The zero-order valence-electron chi connectivity index (χ0n) is 12.6. The van der Waals surface area contributed by atoms with Gasteiger partial charge < -0.3 is 4.52 Å². The Balaban J connectivity index is 1.61. The van der Waals surface area contributed by atoms with E-state index in [4.69, 9.17) is 16.1 Å². The molecule has 1 heterocycles. The Hall–Kier alpha value is -2.15. The van der Waals surface area contributed by atoms with Gasteiger partial charge in [-0.15, -0.1) is 0 Å².